The molecule has 0 unspecified atom stereocenters. The number of piperazine rings is 1. The fraction of sp³-hybridized carbons (Fsp3) is 0.318. The van der Waals surface area contributed by atoms with Crippen LogP contribution in [0.15, 0.2) is 40.9 Å². The molecule has 1 fully saturated rings. The van der Waals surface area contributed by atoms with Crippen LogP contribution in [-0.2, 0) is 4.79 Å². The van der Waals surface area contributed by atoms with E-state index in [1.165, 1.54) is 7.11 Å². The Morgan fingerprint density at radius 2 is 1.91 bits per heavy atom. The number of carbonyl (C=O) groups excluding carboxylic acids is 2. The second-order valence-corrected chi connectivity index (χ2v) is 8.84. The summed E-state index contributed by atoms with van der Waals surface area (Å²) in [7, 11) is 1.50. The standard InChI is InChI=1S/C22H24BrClN4O3S/c1-3-19(29)27-9-11-28(12-10-27)20-16(24)5-4-6-17(20)25-22(32)26-21(30)15-13-14(23)7-8-18(15)31-2/h4-8,13H,3,9-12H2,1-2H3,(H2,25,26,30,32). The van der Waals surface area contributed by atoms with Gasteiger partial charge in [0.1, 0.15) is 5.75 Å². The molecule has 0 bridgehead atoms. The van der Waals surface area contributed by atoms with Gasteiger partial charge in [-0.15, -0.1) is 0 Å². The van der Waals surface area contributed by atoms with Crippen molar-refractivity contribution in [2.45, 2.75) is 13.3 Å². The smallest absolute Gasteiger partial charge is 0.261 e. The molecule has 2 aromatic rings. The second kappa shape index (κ2) is 11.0. The molecule has 1 heterocycles. The van der Waals surface area contributed by atoms with E-state index in [1.807, 2.05) is 24.0 Å². The van der Waals surface area contributed by atoms with Crippen molar-refractivity contribution in [3.05, 3.63) is 51.5 Å². The number of para-hydroxylation sites is 1. The van der Waals surface area contributed by atoms with Crippen molar-refractivity contribution in [2.24, 2.45) is 0 Å². The summed E-state index contributed by atoms with van der Waals surface area (Å²) in [5, 5.41) is 6.48. The Bertz CT molecular complexity index is 1030. The van der Waals surface area contributed by atoms with Gasteiger partial charge in [-0.1, -0.05) is 40.5 Å². The van der Waals surface area contributed by atoms with E-state index >= 15 is 0 Å². The van der Waals surface area contributed by atoms with E-state index in [4.69, 9.17) is 28.6 Å². The van der Waals surface area contributed by atoms with Gasteiger partial charge in [-0.25, -0.2) is 0 Å². The molecular weight excluding hydrogens is 516 g/mol. The van der Waals surface area contributed by atoms with E-state index < -0.39 is 5.91 Å². The number of rotatable bonds is 5. The highest BCUT2D eigenvalue weighted by atomic mass is 79.9. The highest BCUT2D eigenvalue weighted by Crippen LogP contribution is 2.34. The molecule has 170 valence electrons. The third-order valence-electron chi connectivity index (χ3n) is 5.12. The van der Waals surface area contributed by atoms with Crippen LogP contribution in [-0.4, -0.2) is 55.1 Å². The summed E-state index contributed by atoms with van der Waals surface area (Å²) in [5.74, 6) is 0.196. The number of nitrogens with one attached hydrogen (secondary N) is 2. The first-order valence-corrected chi connectivity index (χ1v) is 11.7. The average molecular weight is 540 g/mol. The zero-order valence-corrected chi connectivity index (χ0v) is 20.9. The van der Waals surface area contributed by atoms with Crippen molar-refractivity contribution in [2.75, 3.05) is 43.5 Å². The molecule has 0 saturated carbocycles. The van der Waals surface area contributed by atoms with Crippen LogP contribution < -0.4 is 20.3 Å². The molecule has 2 N–H and O–H groups in total. The van der Waals surface area contributed by atoms with Gasteiger partial charge in [0.25, 0.3) is 5.91 Å². The molecule has 0 aromatic heterocycles. The topological polar surface area (TPSA) is 73.9 Å². The van der Waals surface area contributed by atoms with Crippen LogP contribution in [0.2, 0.25) is 5.02 Å². The molecule has 0 spiro atoms. The summed E-state index contributed by atoms with van der Waals surface area (Å²) in [6.07, 6.45) is 0.496. The van der Waals surface area contributed by atoms with Crippen LogP contribution in [0.1, 0.15) is 23.7 Å². The molecule has 0 aliphatic carbocycles. The lowest BCUT2D eigenvalue weighted by Gasteiger charge is -2.37. The van der Waals surface area contributed by atoms with Gasteiger partial charge in [-0.3, -0.25) is 14.9 Å². The summed E-state index contributed by atoms with van der Waals surface area (Å²) < 4.78 is 6.02. The Morgan fingerprint density at radius 3 is 2.56 bits per heavy atom. The summed E-state index contributed by atoms with van der Waals surface area (Å²) >= 11 is 15.3. The number of amides is 2. The van der Waals surface area contributed by atoms with Crippen molar-refractivity contribution in [1.29, 1.82) is 0 Å². The van der Waals surface area contributed by atoms with E-state index in [2.05, 4.69) is 31.5 Å². The van der Waals surface area contributed by atoms with Crippen LogP contribution >= 0.6 is 39.7 Å². The number of nitrogens with zero attached hydrogens (tertiary/aromatic N) is 2. The van der Waals surface area contributed by atoms with Crippen molar-refractivity contribution in [3.63, 3.8) is 0 Å². The number of thiocarbonyl (C=S) groups is 1. The molecule has 3 rings (SSSR count). The van der Waals surface area contributed by atoms with Gasteiger partial charge in [0, 0.05) is 37.1 Å². The first-order chi connectivity index (χ1) is 15.3. The maximum absolute atomic E-state index is 12.7. The number of hydrogen-bond acceptors (Lipinski definition) is 5. The van der Waals surface area contributed by atoms with E-state index in [-0.39, 0.29) is 11.0 Å². The molecule has 1 saturated heterocycles. The number of carbonyl (C=O) groups is 2. The van der Waals surface area contributed by atoms with Crippen LogP contribution in [0.25, 0.3) is 0 Å². The molecule has 1 aliphatic rings. The SMILES string of the molecule is CCC(=O)N1CCN(c2c(Cl)cccc2NC(=S)NC(=O)c2cc(Br)ccc2OC)CC1. The number of anilines is 2. The lowest BCUT2D eigenvalue weighted by molar-refractivity contribution is -0.131. The van der Waals surface area contributed by atoms with Crippen LogP contribution in [0.3, 0.4) is 0 Å². The Kier molecular flexibility index (Phi) is 8.33. The normalized spacial score (nSPS) is 13.5. The first-order valence-electron chi connectivity index (χ1n) is 10.1. The Morgan fingerprint density at radius 1 is 1.19 bits per heavy atom. The van der Waals surface area contributed by atoms with E-state index in [1.54, 1.807) is 24.3 Å². The number of hydrogen-bond donors (Lipinski definition) is 2. The molecule has 7 nitrogen and oxygen atoms in total. The van der Waals surface area contributed by atoms with Crippen molar-refractivity contribution >= 4 is 68.1 Å². The summed E-state index contributed by atoms with van der Waals surface area (Å²) in [6.45, 7) is 4.42. The van der Waals surface area contributed by atoms with Crippen LogP contribution in [0.4, 0.5) is 11.4 Å². The average Bonchev–Trinajstić information content (AvgIpc) is 2.78. The lowest BCUT2D eigenvalue weighted by Crippen LogP contribution is -2.49. The minimum absolute atomic E-state index is 0.139. The zero-order valence-electron chi connectivity index (χ0n) is 17.8. The van der Waals surface area contributed by atoms with Gasteiger partial charge in [-0.2, -0.15) is 0 Å². The van der Waals surface area contributed by atoms with E-state index in [0.29, 0.717) is 54.6 Å². The van der Waals surface area contributed by atoms with E-state index in [0.717, 1.165) is 10.2 Å². The van der Waals surface area contributed by atoms with Crippen molar-refractivity contribution < 1.29 is 14.3 Å². The minimum Gasteiger partial charge on any atom is -0.496 e. The first kappa shape index (κ1) is 24.3. The van der Waals surface area contributed by atoms with Gasteiger partial charge < -0.3 is 19.9 Å². The maximum atomic E-state index is 12.7. The molecule has 0 atom stereocenters. The summed E-state index contributed by atoms with van der Waals surface area (Å²) in [5.41, 5.74) is 1.82. The van der Waals surface area contributed by atoms with E-state index in [9.17, 15) is 9.59 Å². The molecule has 1 aliphatic heterocycles. The molecule has 2 aromatic carbocycles. The summed E-state index contributed by atoms with van der Waals surface area (Å²) in [6, 6.07) is 10.6. The number of halogens is 2. The van der Waals surface area contributed by atoms with Crippen molar-refractivity contribution in [3.8, 4) is 5.75 Å². The minimum atomic E-state index is -0.393. The largest absolute Gasteiger partial charge is 0.496 e. The Hall–Kier alpha value is -2.36. The third kappa shape index (κ3) is 5.70. The zero-order chi connectivity index (χ0) is 23.3. The van der Waals surface area contributed by atoms with Crippen LogP contribution in [0, 0.1) is 0 Å². The highest BCUT2D eigenvalue weighted by Gasteiger charge is 2.24. The predicted octanol–water partition coefficient (Wildman–Crippen LogP) is 4.30. The molecule has 10 heteroatoms. The van der Waals surface area contributed by atoms with Gasteiger partial charge >= 0.3 is 0 Å². The maximum Gasteiger partial charge on any atom is 0.261 e. The lowest BCUT2D eigenvalue weighted by atomic mass is 10.2. The Balaban J connectivity index is 1.72. The monoisotopic (exact) mass is 538 g/mol. The number of ether oxygens (including phenoxy) is 1. The molecule has 2 amide bonds. The molecule has 32 heavy (non-hydrogen) atoms. The fourth-order valence-corrected chi connectivity index (χ4v) is 4.38. The van der Waals surface area contributed by atoms with Crippen LogP contribution in [0.5, 0.6) is 5.75 Å². The molecular formula is C22H24BrClN4O3S. The van der Waals surface area contributed by atoms with Gasteiger partial charge in [0.15, 0.2) is 5.11 Å². The Labute approximate surface area is 206 Å². The molecule has 0 radical (unpaired) electrons. The van der Waals surface area contributed by atoms with Crippen molar-refractivity contribution in [1.82, 2.24) is 10.2 Å². The van der Waals surface area contributed by atoms with Gasteiger partial charge in [0.05, 0.1) is 29.1 Å². The highest BCUT2D eigenvalue weighted by molar-refractivity contribution is 9.10. The predicted molar refractivity (Wildman–Crippen MR) is 135 cm³/mol. The number of benzene rings is 2. The second-order valence-electron chi connectivity index (χ2n) is 7.11. The summed E-state index contributed by atoms with van der Waals surface area (Å²) in [4.78, 5) is 28.7. The van der Waals surface area contributed by atoms with Gasteiger partial charge in [0.2, 0.25) is 5.91 Å². The van der Waals surface area contributed by atoms with Gasteiger partial charge in [-0.05, 0) is 42.5 Å². The third-order valence-corrected chi connectivity index (χ3v) is 6.12. The quantitative estimate of drug-likeness (QED) is 0.552. The number of methoxy groups -OCH3 is 1. The fourth-order valence-electron chi connectivity index (χ4n) is 3.52.